The van der Waals surface area contributed by atoms with Crippen molar-refractivity contribution in [1.82, 2.24) is 20.1 Å². The summed E-state index contributed by atoms with van der Waals surface area (Å²) in [6.07, 6.45) is 0. The average Bonchev–Trinajstić information content (AvgIpc) is 3.20. The van der Waals surface area contributed by atoms with E-state index in [1.807, 2.05) is 48.5 Å². The number of pyridine rings is 1. The van der Waals surface area contributed by atoms with Crippen LogP contribution in [0, 0.1) is 0 Å². The van der Waals surface area contributed by atoms with Crippen LogP contribution in [0.5, 0.6) is 11.5 Å². The highest BCUT2D eigenvalue weighted by molar-refractivity contribution is 5.97. The number of hydrogen-bond acceptors (Lipinski definition) is 5. The van der Waals surface area contributed by atoms with Crippen molar-refractivity contribution in [3.8, 4) is 34.0 Å². The van der Waals surface area contributed by atoms with E-state index >= 15 is 0 Å². The number of carbonyl (C=O) groups is 1. The molecule has 0 atom stereocenters. The molecular formula is C23H22N4O3. The molecule has 1 amide bonds. The van der Waals surface area contributed by atoms with Crippen molar-refractivity contribution in [3.63, 3.8) is 0 Å². The smallest absolute Gasteiger partial charge is 0.253 e. The van der Waals surface area contributed by atoms with Crippen molar-refractivity contribution in [1.29, 1.82) is 0 Å². The molecule has 0 spiro atoms. The van der Waals surface area contributed by atoms with Crippen molar-refractivity contribution < 1.29 is 14.3 Å². The maximum atomic E-state index is 12.3. The first-order valence-corrected chi connectivity index (χ1v) is 9.42. The highest BCUT2D eigenvalue weighted by Gasteiger charge is 2.18. The maximum absolute atomic E-state index is 12.3. The van der Waals surface area contributed by atoms with Gasteiger partial charge in [-0.2, -0.15) is 5.10 Å². The van der Waals surface area contributed by atoms with Crippen LogP contribution in [0.15, 0.2) is 54.6 Å². The number of aromatic nitrogens is 3. The van der Waals surface area contributed by atoms with Crippen LogP contribution in [-0.4, -0.2) is 54.3 Å². The Labute approximate surface area is 174 Å². The molecular weight excluding hydrogens is 380 g/mol. The second-order valence-corrected chi connectivity index (χ2v) is 6.98. The number of H-pyrrole nitrogens is 1. The number of nitrogens with one attached hydrogen (secondary N) is 1. The molecule has 0 saturated heterocycles. The maximum Gasteiger partial charge on any atom is 0.253 e. The standard InChI is InChI=1S/C23H22N4O3/c1-27(2)23(28)15-8-5-7-14(13-15)17-12-11-16-21(25-26-22(16)24-17)20-18(29-3)9-6-10-19(20)30-4/h5-13H,1-4H3,(H,24,25,26). The Balaban J connectivity index is 1.80. The van der Waals surface area contributed by atoms with Gasteiger partial charge in [-0.15, -0.1) is 0 Å². The molecule has 0 fully saturated rings. The van der Waals surface area contributed by atoms with Crippen LogP contribution in [0.25, 0.3) is 33.5 Å². The van der Waals surface area contributed by atoms with E-state index in [0.29, 0.717) is 22.7 Å². The number of methoxy groups -OCH3 is 2. The Hall–Kier alpha value is -3.87. The largest absolute Gasteiger partial charge is 0.496 e. The Kier molecular flexibility index (Phi) is 5.10. The summed E-state index contributed by atoms with van der Waals surface area (Å²) < 4.78 is 11.0. The van der Waals surface area contributed by atoms with Crippen molar-refractivity contribution in [3.05, 3.63) is 60.2 Å². The monoisotopic (exact) mass is 402 g/mol. The summed E-state index contributed by atoms with van der Waals surface area (Å²) in [6.45, 7) is 0. The van der Waals surface area contributed by atoms with E-state index in [1.165, 1.54) is 0 Å². The van der Waals surface area contributed by atoms with E-state index in [1.54, 1.807) is 39.3 Å². The van der Waals surface area contributed by atoms with E-state index in [4.69, 9.17) is 14.5 Å². The lowest BCUT2D eigenvalue weighted by Gasteiger charge is -2.12. The highest BCUT2D eigenvalue weighted by Crippen LogP contribution is 2.40. The van der Waals surface area contributed by atoms with Gasteiger partial charge < -0.3 is 14.4 Å². The zero-order valence-corrected chi connectivity index (χ0v) is 17.3. The molecule has 0 aliphatic rings. The first-order valence-electron chi connectivity index (χ1n) is 9.42. The fraction of sp³-hybridized carbons (Fsp3) is 0.174. The molecule has 1 N–H and O–H groups in total. The first kappa shape index (κ1) is 19.4. The third-order valence-electron chi connectivity index (χ3n) is 4.91. The van der Waals surface area contributed by atoms with Gasteiger partial charge in [0.05, 0.1) is 31.2 Å². The Bertz CT molecular complexity index is 1210. The third-order valence-corrected chi connectivity index (χ3v) is 4.91. The lowest BCUT2D eigenvalue weighted by Crippen LogP contribution is -2.21. The SMILES string of the molecule is COc1cccc(OC)c1-c1[nH]nc2nc(-c3cccc(C(=O)N(C)C)c3)ccc12. The Morgan fingerprint density at radius 3 is 2.33 bits per heavy atom. The van der Waals surface area contributed by atoms with Gasteiger partial charge in [-0.3, -0.25) is 9.89 Å². The van der Waals surface area contributed by atoms with Crippen LogP contribution in [-0.2, 0) is 0 Å². The van der Waals surface area contributed by atoms with Crippen molar-refractivity contribution in [2.75, 3.05) is 28.3 Å². The number of carbonyl (C=O) groups excluding carboxylic acids is 1. The van der Waals surface area contributed by atoms with Gasteiger partial charge >= 0.3 is 0 Å². The Morgan fingerprint density at radius 2 is 1.67 bits per heavy atom. The summed E-state index contributed by atoms with van der Waals surface area (Å²) in [5.74, 6) is 1.31. The van der Waals surface area contributed by atoms with E-state index < -0.39 is 0 Å². The van der Waals surface area contributed by atoms with Crippen LogP contribution in [0.2, 0.25) is 0 Å². The van der Waals surface area contributed by atoms with Crippen LogP contribution < -0.4 is 9.47 Å². The van der Waals surface area contributed by atoms with Crippen LogP contribution in [0.3, 0.4) is 0 Å². The molecule has 0 radical (unpaired) electrons. The number of ether oxygens (including phenoxy) is 2. The van der Waals surface area contributed by atoms with E-state index in [2.05, 4.69) is 10.2 Å². The Morgan fingerprint density at radius 1 is 0.967 bits per heavy atom. The lowest BCUT2D eigenvalue weighted by molar-refractivity contribution is 0.0827. The normalized spacial score (nSPS) is 10.8. The van der Waals surface area contributed by atoms with Gasteiger partial charge in [0.25, 0.3) is 5.91 Å². The van der Waals surface area contributed by atoms with Gasteiger partial charge in [0, 0.05) is 30.6 Å². The molecule has 152 valence electrons. The summed E-state index contributed by atoms with van der Waals surface area (Å²) in [6, 6.07) is 16.9. The molecule has 2 aromatic heterocycles. The molecule has 0 aliphatic carbocycles. The van der Waals surface area contributed by atoms with Gasteiger partial charge in [0.15, 0.2) is 5.65 Å². The summed E-state index contributed by atoms with van der Waals surface area (Å²) in [7, 11) is 6.71. The zero-order valence-electron chi connectivity index (χ0n) is 17.3. The molecule has 0 saturated carbocycles. The predicted molar refractivity (Wildman–Crippen MR) is 116 cm³/mol. The molecule has 0 bridgehead atoms. The van der Waals surface area contributed by atoms with E-state index in [-0.39, 0.29) is 5.91 Å². The van der Waals surface area contributed by atoms with Gasteiger partial charge in [0.2, 0.25) is 0 Å². The van der Waals surface area contributed by atoms with Gasteiger partial charge in [-0.25, -0.2) is 4.98 Å². The van der Waals surface area contributed by atoms with Crippen LogP contribution in [0.4, 0.5) is 0 Å². The average molecular weight is 402 g/mol. The van der Waals surface area contributed by atoms with Gasteiger partial charge in [0.1, 0.15) is 11.5 Å². The molecule has 7 nitrogen and oxygen atoms in total. The lowest BCUT2D eigenvalue weighted by atomic mass is 10.0. The molecule has 2 heterocycles. The van der Waals surface area contributed by atoms with Gasteiger partial charge in [-0.05, 0) is 36.4 Å². The number of nitrogens with zero attached hydrogens (tertiary/aromatic N) is 3. The molecule has 7 heteroatoms. The second-order valence-electron chi connectivity index (χ2n) is 6.98. The first-order chi connectivity index (χ1) is 14.5. The number of benzene rings is 2. The quantitative estimate of drug-likeness (QED) is 0.546. The minimum Gasteiger partial charge on any atom is -0.496 e. The predicted octanol–water partition coefficient (Wildman–Crippen LogP) is 4.01. The fourth-order valence-corrected chi connectivity index (χ4v) is 3.42. The van der Waals surface area contributed by atoms with Crippen LogP contribution >= 0.6 is 0 Å². The summed E-state index contributed by atoms with van der Waals surface area (Å²) >= 11 is 0. The fourth-order valence-electron chi connectivity index (χ4n) is 3.42. The van der Waals surface area contributed by atoms with Gasteiger partial charge in [-0.1, -0.05) is 18.2 Å². The van der Waals surface area contributed by atoms with E-state index in [0.717, 1.165) is 27.9 Å². The molecule has 30 heavy (non-hydrogen) atoms. The number of aromatic amines is 1. The minimum atomic E-state index is -0.0525. The third kappa shape index (κ3) is 3.34. The van der Waals surface area contributed by atoms with Crippen molar-refractivity contribution >= 4 is 16.9 Å². The molecule has 0 unspecified atom stereocenters. The summed E-state index contributed by atoms with van der Waals surface area (Å²) in [4.78, 5) is 18.5. The molecule has 4 rings (SSSR count). The molecule has 2 aromatic carbocycles. The van der Waals surface area contributed by atoms with E-state index in [9.17, 15) is 4.79 Å². The molecule has 4 aromatic rings. The topological polar surface area (TPSA) is 80.3 Å². The number of fused-ring (bicyclic) bond motifs is 1. The number of amides is 1. The number of rotatable bonds is 5. The van der Waals surface area contributed by atoms with Crippen LogP contribution in [0.1, 0.15) is 10.4 Å². The zero-order chi connectivity index (χ0) is 21.3. The molecule has 0 aliphatic heterocycles. The number of hydrogen-bond donors (Lipinski definition) is 1. The summed E-state index contributed by atoms with van der Waals surface area (Å²) in [5.41, 5.74) is 4.33. The van der Waals surface area contributed by atoms with Crippen molar-refractivity contribution in [2.24, 2.45) is 0 Å². The second kappa shape index (κ2) is 7.87. The highest BCUT2D eigenvalue weighted by atomic mass is 16.5. The minimum absolute atomic E-state index is 0.0525. The van der Waals surface area contributed by atoms with Crippen molar-refractivity contribution in [2.45, 2.75) is 0 Å². The summed E-state index contributed by atoms with van der Waals surface area (Å²) in [5, 5.41) is 8.31.